The van der Waals surface area contributed by atoms with Crippen molar-refractivity contribution in [2.75, 3.05) is 6.54 Å². The van der Waals surface area contributed by atoms with Crippen molar-refractivity contribution in [1.82, 2.24) is 15.0 Å². The van der Waals surface area contributed by atoms with E-state index in [1.54, 1.807) is 0 Å². The van der Waals surface area contributed by atoms with E-state index in [4.69, 9.17) is 5.73 Å². The summed E-state index contributed by atoms with van der Waals surface area (Å²) < 4.78 is 1.93. The Morgan fingerprint density at radius 1 is 1.58 bits per heavy atom. The molecule has 0 spiro atoms. The number of rotatable bonds is 4. The molecule has 2 rings (SSSR count). The zero-order chi connectivity index (χ0) is 8.39. The second kappa shape index (κ2) is 3.23. The first kappa shape index (κ1) is 7.73. The average molecular weight is 166 g/mol. The van der Waals surface area contributed by atoms with Gasteiger partial charge in [-0.1, -0.05) is 5.21 Å². The molecular weight excluding hydrogens is 152 g/mol. The summed E-state index contributed by atoms with van der Waals surface area (Å²) in [6, 6.07) is 0. The summed E-state index contributed by atoms with van der Waals surface area (Å²) in [4.78, 5) is 0. The molecule has 1 aliphatic carbocycles. The summed E-state index contributed by atoms with van der Waals surface area (Å²) in [5.74, 6) is 0.859. The maximum absolute atomic E-state index is 5.41. The molecule has 4 heteroatoms. The molecule has 4 nitrogen and oxygen atoms in total. The molecule has 0 saturated heterocycles. The van der Waals surface area contributed by atoms with Crippen molar-refractivity contribution in [3.63, 3.8) is 0 Å². The molecular formula is C8H14N4. The number of nitrogens with two attached hydrogens (primary N) is 1. The molecule has 0 aliphatic heterocycles. The Balaban J connectivity index is 1.92. The Labute approximate surface area is 71.8 Å². The highest BCUT2D eigenvalue weighted by Gasteiger charge is 2.22. The fraction of sp³-hybridized carbons (Fsp3) is 0.750. The molecule has 1 aromatic heterocycles. The third kappa shape index (κ3) is 1.82. The zero-order valence-corrected chi connectivity index (χ0v) is 7.11. The van der Waals surface area contributed by atoms with E-state index in [1.807, 2.05) is 10.9 Å². The molecule has 12 heavy (non-hydrogen) atoms. The van der Waals surface area contributed by atoms with Crippen molar-refractivity contribution in [2.45, 2.75) is 25.8 Å². The molecule has 1 heterocycles. The monoisotopic (exact) mass is 166 g/mol. The Morgan fingerprint density at radius 3 is 3.08 bits per heavy atom. The minimum absolute atomic E-state index is 0.655. The second-order valence-electron chi connectivity index (χ2n) is 3.41. The van der Waals surface area contributed by atoms with Crippen LogP contribution >= 0.6 is 0 Å². The molecule has 0 unspecified atom stereocenters. The molecule has 1 aromatic rings. The van der Waals surface area contributed by atoms with Crippen LogP contribution in [0.4, 0.5) is 0 Å². The van der Waals surface area contributed by atoms with E-state index in [-0.39, 0.29) is 0 Å². The molecule has 0 atom stereocenters. The van der Waals surface area contributed by atoms with Gasteiger partial charge in [0.2, 0.25) is 0 Å². The predicted molar refractivity (Wildman–Crippen MR) is 45.5 cm³/mol. The van der Waals surface area contributed by atoms with Gasteiger partial charge in [0.15, 0.2) is 0 Å². The predicted octanol–water partition coefficient (Wildman–Crippen LogP) is 0.189. The Kier molecular flexibility index (Phi) is 2.08. The summed E-state index contributed by atoms with van der Waals surface area (Å²) >= 11 is 0. The largest absolute Gasteiger partial charge is 0.330 e. The summed E-state index contributed by atoms with van der Waals surface area (Å²) in [5, 5.41) is 8.05. The summed E-state index contributed by atoms with van der Waals surface area (Å²) in [6.07, 6.45) is 5.55. The van der Waals surface area contributed by atoms with Gasteiger partial charge >= 0.3 is 0 Å². The maximum atomic E-state index is 5.41. The standard InChI is InChI=1S/C8H14N4/c9-4-3-8-6-12(11-10-8)5-7-1-2-7/h6-7H,1-5,9H2. The molecule has 0 amide bonds. The first-order valence-corrected chi connectivity index (χ1v) is 4.47. The highest BCUT2D eigenvalue weighted by Crippen LogP contribution is 2.30. The minimum Gasteiger partial charge on any atom is -0.330 e. The van der Waals surface area contributed by atoms with Gasteiger partial charge in [-0.15, -0.1) is 5.10 Å². The fourth-order valence-corrected chi connectivity index (χ4v) is 1.26. The highest BCUT2D eigenvalue weighted by molar-refractivity contribution is 4.93. The van der Waals surface area contributed by atoms with Crippen molar-refractivity contribution in [3.05, 3.63) is 11.9 Å². The highest BCUT2D eigenvalue weighted by atomic mass is 15.4. The third-order valence-corrected chi connectivity index (χ3v) is 2.13. The van der Waals surface area contributed by atoms with Gasteiger partial charge < -0.3 is 5.73 Å². The molecule has 0 aromatic carbocycles. The van der Waals surface area contributed by atoms with Gasteiger partial charge in [0.05, 0.1) is 5.69 Å². The molecule has 1 fully saturated rings. The smallest absolute Gasteiger partial charge is 0.0839 e. The van der Waals surface area contributed by atoms with Crippen molar-refractivity contribution in [3.8, 4) is 0 Å². The van der Waals surface area contributed by atoms with Crippen LogP contribution in [0.1, 0.15) is 18.5 Å². The van der Waals surface area contributed by atoms with Crippen LogP contribution in [0.25, 0.3) is 0 Å². The molecule has 1 saturated carbocycles. The maximum Gasteiger partial charge on any atom is 0.0839 e. The summed E-state index contributed by atoms with van der Waals surface area (Å²) in [6.45, 7) is 1.69. The number of hydrogen-bond donors (Lipinski definition) is 1. The summed E-state index contributed by atoms with van der Waals surface area (Å²) in [7, 11) is 0. The second-order valence-corrected chi connectivity index (χ2v) is 3.41. The Morgan fingerprint density at radius 2 is 2.42 bits per heavy atom. The minimum atomic E-state index is 0.655. The SMILES string of the molecule is NCCc1cn(CC2CC2)nn1. The number of hydrogen-bond acceptors (Lipinski definition) is 3. The van der Waals surface area contributed by atoms with Crippen LogP contribution in [0.15, 0.2) is 6.20 Å². The van der Waals surface area contributed by atoms with Crippen LogP contribution in [-0.4, -0.2) is 21.5 Å². The lowest BCUT2D eigenvalue weighted by atomic mass is 10.3. The lowest BCUT2D eigenvalue weighted by molar-refractivity contribution is 0.544. The van der Waals surface area contributed by atoms with E-state index in [0.717, 1.165) is 24.6 Å². The summed E-state index contributed by atoms with van der Waals surface area (Å²) in [5.41, 5.74) is 6.42. The van der Waals surface area contributed by atoms with E-state index in [0.29, 0.717) is 6.54 Å². The van der Waals surface area contributed by atoms with Gasteiger partial charge in [-0.05, 0) is 25.3 Å². The van der Waals surface area contributed by atoms with E-state index in [9.17, 15) is 0 Å². The first-order chi connectivity index (χ1) is 5.88. The van der Waals surface area contributed by atoms with Gasteiger partial charge in [0.1, 0.15) is 0 Å². The average Bonchev–Trinajstić information content (AvgIpc) is 2.74. The van der Waals surface area contributed by atoms with Crippen molar-refractivity contribution < 1.29 is 0 Å². The van der Waals surface area contributed by atoms with E-state index < -0.39 is 0 Å². The zero-order valence-electron chi connectivity index (χ0n) is 7.11. The van der Waals surface area contributed by atoms with E-state index in [2.05, 4.69) is 10.3 Å². The normalized spacial score (nSPS) is 16.8. The quantitative estimate of drug-likeness (QED) is 0.694. The van der Waals surface area contributed by atoms with E-state index in [1.165, 1.54) is 12.8 Å². The lowest BCUT2D eigenvalue weighted by Gasteiger charge is -1.94. The third-order valence-electron chi connectivity index (χ3n) is 2.13. The van der Waals surface area contributed by atoms with Gasteiger partial charge in [-0.2, -0.15) is 0 Å². The Hall–Kier alpha value is -0.900. The van der Waals surface area contributed by atoms with Crippen LogP contribution in [0.5, 0.6) is 0 Å². The lowest BCUT2D eigenvalue weighted by Crippen LogP contribution is -2.02. The van der Waals surface area contributed by atoms with Crippen molar-refractivity contribution in [2.24, 2.45) is 11.7 Å². The number of nitrogens with zero attached hydrogens (tertiary/aromatic N) is 3. The van der Waals surface area contributed by atoms with Crippen molar-refractivity contribution in [1.29, 1.82) is 0 Å². The van der Waals surface area contributed by atoms with Gasteiger partial charge in [0, 0.05) is 19.2 Å². The number of aromatic nitrogens is 3. The van der Waals surface area contributed by atoms with Gasteiger partial charge in [-0.3, -0.25) is 4.68 Å². The Bertz CT molecular complexity index is 251. The van der Waals surface area contributed by atoms with Crippen LogP contribution < -0.4 is 5.73 Å². The topological polar surface area (TPSA) is 56.7 Å². The van der Waals surface area contributed by atoms with Gasteiger partial charge in [0.25, 0.3) is 0 Å². The van der Waals surface area contributed by atoms with Crippen LogP contribution in [0.2, 0.25) is 0 Å². The van der Waals surface area contributed by atoms with Crippen LogP contribution in [0.3, 0.4) is 0 Å². The molecule has 0 radical (unpaired) electrons. The van der Waals surface area contributed by atoms with Crippen LogP contribution in [0, 0.1) is 5.92 Å². The van der Waals surface area contributed by atoms with E-state index >= 15 is 0 Å². The molecule has 66 valence electrons. The first-order valence-electron chi connectivity index (χ1n) is 4.47. The fourth-order valence-electron chi connectivity index (χ4n) is 1.26. The van der Waals surface area contributed by atoms with Crippen molar-refractivity contribution >= 4 is 0 Å². The molecule has 0 bridgehead atoms. The molecule has 2 N–H and O–H groups in total. The van der Waals surface area contributed by atoms with Gasteiger partial charge in [-0.25, -0.2) is 0 Å². The van der Waals surface area contributed by atoms with Crippen LogP contribution in [-0.2, 0) is 13.0 Å². The molecule has 1 aliphatic rings.